The first-order valence-electron chi connectivity index (χ1n) is 8.56. The zero-order valence-electron chi connectivity index (χ0n) is 15.4. The first kappa shape index (κ1) is 20.2. The molecule has 1 saturated heterocycles. The summed E-state index contributed by atoms with van der Waals surface area (Å²) in [7, 11) is -7.91. The van der Waals surface area contributed by atoms with E-state index in [1.807, 2.05) is 13.0 Å². The number of sulfonamides is 2. The summed E-state index contributed by atoms with van der Waals surface area (Å²) in [6.07, 6.45) is -0.140. The minimum absolute atomic E-state index is 0.0319. The van der Waals surface area contributed by atoms with Crippen LogP contribution in [0.25, 0.3) is 0 Å². The van der Waals surface area contributed by atoms with Crippen LogP contribution in [0.15, 0.2) is 47.4 Å². The van der Waals surface area contributed by atoms with Crippen LogP contribution >= 0.6 is 0 Å². The highest BCUT2D eigenvalue weighted by Crippen LogP contribution is 2.33. The standard InChI is InChI=1S/C18H20N2O6S2/c1-3-26-16-8-7-15(20-18(21)9-10-27(20,22)23)12-17(16)28(24,25)19-14-6-4-5-13(2)11-14/h4-8,11-12,19H,3,9-10H2,1-2H3. The van der Waals surface area contributed by atoms with Gasteiger partial charge in [-0.1, -0.05) is 12.1 Å². The molecule has 0 radical (unpaired) electrons. The summed E-state index contributed by atoms with van der Waals surface area (Å²) in [5.41, 5.74) is 1.20. The molecular weight excluding hydrogens is 404 g/mol. The zero-order valence-corrected chi connectivity index (χ0v) is 17.0. The third-order valence-corrected chi connectivity index (χ3v) is 7.19. The van der Waals surface area contributed by atoms with Gasteiger partial charge in [0.15, 0.2) is 0 Å². The molecular formula is C18H20N2O6S2. The lowest BCUT2D eigenvalue weighted by Crippen LogP contribution is -2.29. The van der Waals surface area contributed by atoms with Gasteiger partial charge in [0, 0.05) is 12.1 Å². The molecule has 0 unspecified atom stereocenters. The summed E-state index contributed by atoms with van der Waals surface area (Å²) in [4.78, 5) is 11.8. The molecule has 28 heavy (non-hydrogen) atoms. The SMILES string of the molecule is CCOc1ccc(N2C(=O)CCS2(=O)=O)cc1S(=O)(=O)Nc1cccc(C)c1. The molecule has 1 heterocycles. The number of anilines is 2. The maximum atomic E-state index is 13.0. The molecule has 8 nitrogen and oxygen atoms in total. The van der Waals surface area contributed by atoms with Gasteiger partial charge in [-0.25, -0.2) is 21.1 Å². The van der Waals surface area contributed by atoms with Crippen LogP contribution < -0.4 is 13.8 Å². The molecule has 2 aromatic rings. The fourth-order valence-corrected chi connectivity index (χ4v) is 5.56. The number of carbonyl (C=O) groups is 1. The number of nitrogens with one attached hydrogen (secondary N) is 1. The average molecular weight is 425 g/mol. The molecule has 0 aliphatic carbocycles. The smallest absolute Gasteiger partial charge is 0.265 e. The van der Waals surface area contributed by atoms with Crippen molar-refractivity contribution in [1.82, 2.24) is 0 Å². The van der Waals surface area contributed by atoms with Gasteiger partial charge >= 0.3 is 0 Å². The van der Waals surface area contributed by atoms with Gasteiger partial charge in [-0.3, -0.25) is 9.52 Å². The van der Waals surface area contributed by atoms with Crippen molar-refractivity contribution < 1.29 is 26.4 Å². The van der Waals surface area contributed by atoms with Gasteiger partial charge in [0.2, 0.25) is 15.9 Å². The Morgan fingerprint density at radius 1 is 1.18 bits per heavy atom. The Morgan fingerprint density at radius 2 is 1.93 bits per heavy atom. The monoisotopic (exact) mass is 424 g/mol. The predicted molar refractivity (Wildman–Crippen MR) is 105 cm³/mol. The van der Waals surface area contributed by atoms with E-state index in [0.29, 0.717) is 9.99 Å². The predicted octanol–water partition coefficient (Wildman–Crippen LogP) is 2.26. The number of ether oxygens (including phenoxy) is 1. The number of nitrogens with zero attached hydrogens (tertiary/aromatic N) is 1. The van der Waals surface area contributed by atoms with Gasteiger partial charge in [-0.2, -0.15) is 0 Å². The van der Waals surface area contributed by atoms with Crippen LogP contribution in [-0.4, -0.2) is 35.1 Å². The van der Waals surface area contributed by atoms with Crippen molar-refractivity contribution in [2.45, 2.75) is 25.2 Å². The van der Waals surface area contributed by atoms with Crippen molar-refractivity contribution in [3.63, 3.8) is 0 Å². The normalized spacial score (nSPS) is 16.2. The second-order valence-electron chi connectivity index (χ2n) is 6.26. The second kappa shape index (κ2) is 7.44. The Bertz CT molecular complexity index is 1130. The Labute approximate surface area is 164 Å². The number of carbonyl (C=O) groups excluding carboxylic acids is 1. The molecule has 1 amide bonds. The van der Waals surface area contributed by atoms with Crippen molar-refractivity contribution in [1.29, 1.82) is 0 Å². The zero-order chi connectivity index (χ0) is 20.5. The first-order valence-corrected chi connectivity index (χ1v) is 11.7. The molecule has 0 aromatic heterocycles. The summed E-state index contributed by atoms with van der Waals surface area (Å²) >= 11 is 0. The van der Waals surface area contributed by atoms with E-state index < -0.39 is 26.0 Å². The van der Waals surface area contributed by atoms with E-state index >= 15 is 0 Å². The van der Waals surface area contributed by atoms with Crippen LogP contribution in [0.3, 0.4) is 0 Å². The van der Waals surface area contributed by atoms with Crippen LogP contribution in [0.4, 0.5) is 11.4 Å². The highest BCUT2D eigenvalue weighted by atomic mass is 32.2. The van der Waals surface area contributed by atoms with Gasteiger partial charge in [0.05, 0.1) is 18.0 Å². The van der Waals surface area contributed by atoms with Crippen LogP contribution in [0.2, 0.25) is 0 Å². The molecule has 0 saturated carbocycles. The van der Waals surface area contributed by atoms with Gasteiger partial charge in [-0.15, -0.1) is 0 Å². The minimum atomic E-state index is -4.10. The van der Waals surface area contributed by atoms with Crippen LogP contribution in [0, 0.1) is 6.92 Å². The maximum absolute atomic E-state index is 13.0. The molecule has 0 atom stereocenters. The lowest BCUT2D eigenvalue weighted by Gasteiger charge is -2.18. The largest absolute Gasteiger partial charge is 0.492 e. The highest BCUT2D eigenvalue weighted by Gasteiger charge is 2.37. The summed E-state index contributed by atoms with van der Waals surface area (Å²) < 4.78 is 58.8. The number of benzene rings is 2. The van der Waals surface area contributed by atoms with E-state index in [4.69, 9.17) is 4.74 Å². The molecule has 0 bridgehead atoms. The molecule has 2 aromatic carbocycles. The topological polar surface area (TPSA) is 110 Å². The summed E-state index contributed by atoms with van der Waals surface area (Å²) in [6, 6.07) is 10.7. The minimum Gasteiger partial charge on any atom is -0.492 e. The molecule has 1 fully saturated rings. The van der Waals surface area contributed by atoms with Crippen LogP contribution in [0.5, 0.6) is 5.75 Å². The van der Waals surface area contributed by atoms with E-state index in [-0.39, 0.29) is 35.1 Å². The summed E-state index contributed by atoms with van der Waals surface area (Å²) in [5, 5.41) is 0. The van der Waals surface area contributed by atoms with E-state index in [2.05, 4.69) is 4.72 Å². The average Bonchev–Trinajstić information content (AvgIpc) is 2.88. The Balaban J connectivity index is 2.08. The Kier molecular flexibility index (Phi) is 5.35. The van der Waals surface area contributed by atoms with Gasteiger partial charge < -0.3 is 4.74 Å². The summed E-state index contributed by atoms with van der Waals surface area (Å²) in [6.45, 7) is 3.74. The Hall–Kier alpha value is -2.59. The molecule has 10 heteroatoms. The van der Waals surface area contributed by atoms with E-state index in [1.54, 1.807) is 25.1 Å². The fraction of sp³-hybridized carbons (Fsp3) is 0.278. The molecule has 1 aliphatic heterocycles. The second-order valence-corrected chi connectivity index (χ2v) is 9.85. The summed E-state index contributed by atoms with van der Waals surface area (Å²) in [5.74, 6) is -0.836. The van der Waals surface area contributed by atoms with Crippen LogP contribution in [-0.2, 0) is 24.8 Å². The van der Waals surface area contributed by atoms with Gasteiger partial charge in [0.1, 0.15) is 10.6 Å². The molecule has 0 spiro atoms. The number of amides is 1. The highest BCUT2D eigenvalue weighted by molar-refractivity contribution is 7.94. The quantitative estimate of drug-likeness (QED) is 0.762. The lowest BCUT2D eigenvalue weighted by molar-refractivity contribution is -0.116. The number of rotatable bonds is 6. The third kappa shape index (κ3) is 3.97. The van der Waals surface area contributed by atoms with Crippen LogP contribution in [0.1, 0.15) is 18.9 Å². The van der Waals surface area contributed by atoms with Crippen molar-refractivity contribution in [2.24, 2.45) is 0 Å². The van der Waals surface area contributed by atoms with Crippen molar-refractivity contribution in [2.75, 3.05) is 21.4 Å². The molecule has 3 rings (SSSR count). The van der Waals surface area contributed by atoms with Crippen molar-refractivity contribution >= 4 is 37.3 Å². The fourth-order valence-electron chi connectivity index (χ4n) is 2.90. The van der Waals surface area contributed by atoms with Crippen molar-refractivity contribution in [3.05, 3.63) is 48.0 Å². The van der Waals surface area contributed by atoms with Crippen molar-refractivity contribution in [3.8, 4) is 5.75 Å². The van der Waals surface area contributed by atoms with Gasteiger partial charge in [0.25, 0.3) is 10.0 Å². The number of hydrogen-bond acceptors (Lipinski definition) is 6. The van der Waals surface area contributed by atoms with E-state index in [0.717, 1.165) is 11.6 Å². The van der Waals surface area contributed by atoms with Gasteiger partial charge in [-0.05, 0) is 49.7 Å². The first-order chi connectivity index (χ1) is 13.1. The molecule has 1 N–H and O–H groups in total. The van der Waals surface area contributed by atoms with E-state index in [1.165, 1.54) is 12.1 Å². The lowest BCUT2D eigenvalue weighted by atomic mass is 10.2. The number of hydrogen-bond donors (Lipinski definition) is 1. The maximum Gasteiger partial charge on any atom is 0.265 e. The van der Waals surface area contributed by atoms with E-state index in [9.17, 15) is 21.6 Å². The number of aryl methyl sites for hydroxylation is 1. The molecule has 1 aliphatic rings. The molecule has 150 valence electrons. The Morgan fingerprint density at radius 3 is 2.54 bits per heavy atom. The third-order valence-electron chi connectivity index (χ3n) is 4.10.